The lowest BCUT2D eigenvalue weighted by Crippen LogP contribution is -2.54. The summed E-state index contributed by atoms with van der Waals surface area (Å²) in [7, 11) is 0. The molecule has 0 fully saturated rings. The van der Waals surface area contributed by atoms with Gasteiger partial charge in [-0.3, -0.25) is 0 Å². The zero-order chi connectivity index (χ0) is 31.8. The molecule has 0 unspecified atom stereocenters. The topological polar surface area (TPSA) is 3.24 Å². The van der Waals surface area contributed by atoms with Crippen molar-refractivity contribution in [3.63, 3.8) is 0 Å². The van der Waals surface area contributed by atoms with Gasteiger partial charge in [-0.1, -0.05) is 117 Å². The Bertz CT molecular complexity index is 1880. The Morgan fingerprint density at radius 1 is 0.444 bits per heavy atom. The number of thiophene rings is 1. The van der Waals surface area contributed by atoms with Gasteiger partial charge >= 0.3 is 0 Å². The van der Waals surface area contributed by atoms with Gasteiger partial charge in [-0.15, -0.1) is 11.3 Å². The lowest BCUT2D eigenvalue weighted by Gasteiger charge is -2.26. The molecule has 0 radical (unpaired) electrons. The summed E-state index contributed by atoms with van der Waals surface area (Å²) < 4.78 is 1.39. The number of hydrogen-bond donors (Lipinski definition) is 0. The van der Waals surface area contributed by atoms with Crippen LogP contribution < -0.4 is 20.6 Å². The molecule has 1 nitrogen and oxygen atoms in total. The van der Waals surface area contributed by atoms with Crippen molar-refractivity contribution in [3.8, 4) is 10.4 Å². The van der Waals surface area contributed by atoms with E-state index in [4.69, 9.17) is 0 Å². The van der Waals surface area contributed by atoms with E-state index >= 15 is 0 Å². The van der Waals surface area contributed by atoms with Gasteiger partial charge in [0.1, 0.15) is 0 Å². The maximum atomic E-state index is 2.36. The lowest BCUT2D eigenvalue weighted by molar-refractivity contribution is 1.26. The van der Waals surface area contributed by atoms with Gasteiger partial charge < -0.3 is 4.90 Å². The van der Waals surface area contributed by atoms with Crippen molar-refractivity contribution in [2.45, 2.75) is 55.4 Å². The minimum Gasteiger partial charge on any atom is -0.310 e. The van der Waals surface area contributed by atoms with Crippen LogP contribution in [0, 0.1) is 55.4 Å². The highest BCUT2D eigenvalue weighted by molar-refractivity contribution is 7.29. The van der Waals surface area contributed by atoms with Crippen molar-refractivity contribution in [1.82, 2.24) is 0 Å². The van der Waals surface area contributed by atoms with Crippen molar-refractivity contribution in [2.75, 3.05) is 4.90 Å². The third kappa shape index (κ3) is 6.28. The highest BCUT2D eigenvalue weighted by Crippen LogP contribution is 2.36. The summed E-state index contributed by atoms with van der Waals surface area (Å²) in [5.74, 6) is 0. The molecule has 0 aliphatic rings. The van der Waals surface area contributed by atoms with Crippen LogP contribution in [-0.4, -0.2) is 6.71 Å². The van der Waals surface area contributed by atoms with E-state index in [2.05, 4.69) is 169 Å². The highest BCUT2D eigenvalue weighted by atomic mass is 32.1. The Kier molecular flexibility index (Phi) is 8.57. The van der Waals surface area contributed by atoms with Crippen molar-refractivity contribution in [1.29, 1.82) is 0 Å². The fourth-order valence-corrected chi connectivity index (χ4v) is 8.20. The SMILES string of the molecule is Cc1ccc(N(c2ccc(-c3ccc(B(c4c(C)cc(C)cc4C)c4c(C)cc(C)cc4C)s3)cc2)c2cccc(C)c2)cc1. The van der Waals surface area contributed by atoms with Gasteiger partial charge in [0.25, 0.3) is 6.71 Å². The summed E-state index contributed by atoms with van der Waals surface area (Å²) in [6.07, 6.45) is 0. The van der Waals surface area contributed by atoms with Gasteiger partial charge in [0.05, 0.1) is 0 Å². The van der Waals surface area contributed by atoms with E-state index < -0.39 is 0 Å². The molecule has 0 saturated heterocycles. The first-order chi connectivity index (χ1) is 21.6. The average molecular weight is 604 g/mol. The molecule has 0 aliphatic carbocycles. The smallest absolute Gasteiger partial charge is 0.255 e. The zero-order valence-electron chi connectivity index (χ0n) is 27.8. The van der Waals surface area contributed by atoms with E-state index in [0.717, 1.165) is 11.4 Å². The van der Waals surface area contributed by atoms with E-state index in [1.54, 1.807) is 0 Å². The summed E-state index contributed by atoms with van der Waals surface area (Å²) in [5, 5.41) is 0. The molecular weight excluding hydrogens is 561 g/mol. The van der Waals surface area contributed by atoms with Crippen molar-refractivity contribution < 1.29 is 0 Å². The highest BCUT2D eigenvalue weighted by Gasteiger charge is 2.30. The monoisotopic (exact) mass is 603 g/mol. The van der Waals surface area contributed by atoms with Crippen LogP contribution in [0.1, 0.15) is 44.5 Å². The quantitative estimate of drug-likeness (QED) is 0.164. The molecule has 5 aromatic carbocycles. The number of rotatable bonds is 7. The minimum absolute atomic E-state index is 0.197. The van der Waals surface area contributed by atoms with Crippen LogP contribution in [0.2, 0.25) is 0 Å². The van der Waals surface area contributed by atoms with E-state index in [-0.39, 0.29) is 6.71 Å². The van der Waals surface area contributed by atoms with Gasteiger partial charge in [0.15, 0.2) is 0 Å². The second-order valence-corrected chi connectivity index (χ2v) is 13.9. The molecule has 0 atom stereocenters. The Balaban J connectivity index is 1.42. The van der Waals surface area contributed by atoms with Gasteiger partial charge in [-0.25, -0.2) is 0 Å². The molecule has 1 aromatic heterocycles. The Hall–Kier alpha value is -4.34. The minimum atomic E-state index is 0.197. The van der Waals surface area contributed by atoms with Crippen molar-refractivity contribution in [2.24, 2.45) is 0 Å². The summed E-state index contributed by atoms with van der Waals surface area (Å²) in [6, 6.07) is 40.7. The molecular formula is C42H42BNS. The molecule has 6 aromatic rings. The first-order valence-electron chi connectivity index (χ1n) is 15.9. The van der Waals surface area contributed by atoms with Crippen molar-refractivity contribution in [3.05, 3.63) is 154 Å². The number of hydrogen-bond acceptors (Lipinski definition) is 2. The number of anilines is 3. The largest absolute Gasteiger partial charge is 0.310 e. The van der Waals surface area contributed by atoms with E-state index in [1.165, 1.54) is 76.3 Å². The molecule has 0 saturated carbocycles. The van der Waals surface area contributed by atoms with Crippen LogP contribution in [0.3, 0.4) is 0 Å². The number of benzene rings is 5. The third-order valence-corrected chi connectivity index (χ3v) is 10.1. The van der Waals surface area contributed by atoms with Crippen LogP contribution in [0.25, 0.3) is 10.4 Å². The summed E-state index contributed by atoms with van der Waals surface area (Å²) in [5.41, 5.74) is 18.2. The van der Waals surface area contributed by atoms with Crippen molar-refractivity contribution >= 4 is 50.8 Å². The van der Waals surface area contributed by atoms with Gasteiger partial charge in [-0.2, -0.15) is 0 Å². The molecule has 0 bridgehead atoms. The zero-order valence-corrected chi connectivity index (χ0v) is 28.6. The van der Waals surface area contributed by atoms with Crippen LogP contribution in [0.4, 0.5) is 17.1 Å². The fourth-order valence-electron chi connectivity index (χ4n) is 7.07. The summed E-state index contributed by atoms with van der Waals surface area (Å²) >= 11 is 1.92. The molecule has 224 valence electrons. The Morgan fingerprint density at radius 3 is 1.47 bits per heavy atom. The first kappa shape index (κ1) is 30.7. The summed E-state index contributed by atoms with van der Waals surface area (Å²) in [4.78, 5) is 3.64. The van der Waals surface area contributed by atoms with Gasteiger partial charge in [0.2, 0.25) is 0 Å². The molecule has 0 amide bonds. The number of nitrogens with zero attached hydrogens (tertiary/aromatic N) is 1. The predicted octanol–water partition coefficient (Wildman–Crippen LogP) is 9.87. The van der Waals surface area contributed by atoms with Crippen LogP contribution in [0.15, 0.2) is 109 Å². The van der Waals surface area contributed by atoms with E-state index in [0.29, 0.717) is 0 Å². The first-order valence-corrected chi connectivity index (χ1v) is 16.7. The number of aryl methyl sites for hydroxylation is 8. The molecule has 0 spiro atoms. The molecule has 0 aliphatic heterocycles. The predicted molar refractivity (Wildman–Crippen MR) is 200 cm³/mol. The Labute approximate surface area is 274 Å². The van der Waals surface area contributed by atoms with Gasteiger partial charge in [0, 0.05) is 21.9 Å². The molecule has 0 N–H and O–H groups in total. The molecule has 45 heavy (non-hydrogen) atoms. The van der Waals surface area contributed by atoms with Crippen LogP contribution in [-0.2, 0) is 0 Å². The Morgan fingerprint density at radius 2 is 0.956 bits per heavy atom. The van der Waals surface area contributed by atoms with Gasteiger partial charge in [-0.05, 0) is 114 Å². The second-order valence-electron chi connectivity index (χ2n) is 12.8. The van der Waals surface area contributed by atoms with E-state index in [1.807, 2.05) is 11.3 Å². The average Bonchev–Trinajstić information content (AvgIpc) is 3.47. The third-order valence-electron chi connectivity index (χ3n) is 8.93. The van der Waals surface area contributed by atoms with E-state index in [9.17, 15) is 0 Å². The fraction of sp³-hybridized carbons (Fsp3) is 0.190. The normalized spacial score (nSPS) is 11.1. The van der Waals surface area contributed by atoms with Crippen LogP contribution in [0.5, 0.6) is 0 Å². The molecule has 1 heterocycles. The van der Waals surface area contributed by atoms with Crippen LogP contribution >= 0.6 is 11.3 Å². The summed E-state index contributed by atoms with van der Waals surface area (Å²) in [6.45, 7) is 18.0. The second kappa shape index (κ2) is 12.6. The lowest BCUT2D eigenvalue weighted by atomic mass is 9.37. The standard InChI is InChI=1S/C42H42BNS/c1-27-12-16-36(17-13-27)44(38-11-9-10-28(2)26-38)37-18-14-35(15-19-37)39-20-21-40(45-39)43(41-31(5)22-29(3)23-32(41)6)42-33(7)24-30(4)25-34(42)8/h9-26H,1-8H3. The maximum absolute atomic E-state index is 2.36. The maximum Gasteiger partial charge on any atom is 0.255 e. The molecule has 3 heteroatoms. The molecule has 6 rings (SSSR count).